The SMILES string of the molecule is CC(C)N1CC(c2ccc(-c3cc4c(N5CCNCC5)ccnn4c3)cc2)C1I. The number of anilines is 1. The molecule has 0 amide bonds. The maximum absolute atomic E-state index is 4.55. The fourth-order valence-corrected chi connectivity index (χ4v) is 6.03. The van der Waals surface area contributed by atoms with Gasteiger partial charge < -0.3 is 10.2 Å². The van der Waals surface area contributed by atoms with Gasteiger partial charge in [-0.2, -0.15) is 5.10 Å². The molecule has 2 aliphatic heterocycles. The van der Waals surface area contributed by atoms with Gasteiger partial charge in [-0.05, 0) is 37.1 Å². The Hall–Kier alpha value is -1.64. The molecular formula is C23H28IN5. The highest BCUT2D eigenvalue weighted by atomic mass is 127. The van der Waals surface area contributed by atoms with E-state index in [4.69, 9.17) is 0 Å². The Kier molecular flexibility index (Phi) is 5.26. The number of aromatic nitrogens is 2. The first-order chi connectivity index (χ1) is 14.1. The molecule has 0 bridgehead atoms. The number of likely N-dealkylation sites (tertiary alicyclic amines) is 1. The molecule has 4 heterocycles. The number of fused-ring (bicyclic) bond motifs is 1. The highest BCUT2D eigenvalue weighted by Crippen LogP contribution is 2.40. The van der Waals surface area contributed by atoms with E-state index in [0.29, 0.717) is 16.0 Å². The van der Waals surface area contributed by atoms with Crippen molar-refractivity contribution in [2.45, 2.75) is 29.9 Å². The summed E-state index contributed by atoms with van der Waals surface area (Å²) in [6.45, 7) is 9.89. The quantitative estimate of drug-likeness (QED) is 0.334. The van der Waals surface area contributed by atoms with E-state index in [1.807, 2.05) is 10.7 Å². The van der Waals surface area contributed by atoms with Gasteiger partial charge in [0.2, 0.25) is 0 Å². The molecule has 152 valence electrons. The third kappa shape index (κ3) is 3.55. The molecule has 1 aromatic carbocycles. The smallest absolute Gasteiger partial charge is 0.0886 e. The van der Waals surface area contributed by atoms with E-state index in [-0.39, 0.29) is 0 Å². The third-order valence-corrected chi connectivity index (χ3v) is 7.92. The molecule has 1 N–H and O–H groups in total. The molecule has 2 fully saturated rings. The van der Waals surface area contributed by atoms with Crippen LogP contribution in [0.1, 0.15) is 25.3 Å². The zero-order chi connectivity index (χ0) is 20.0. The molecule has 29 heavy (non-hydrogen) atoms. The minimum atomic E-state index is 0.598. The summed E-state index contributed by atoms with van der Waals surface area (Å²) in [5.74, 6) is 0.640. The molecule has 0 aliphatic carbocycles. The van der Waals surface area contributed by atoms with Crippen LogP contribution in [0.25, 0.3) is 16.6 Å². The number of piperazine rings is 1. The number of hydrogen-bond acceptors (Lipinski definition) is 4. The normalized spacial score (nSPS) is 23.0. The van der Waals surface area contributed by atoms with E-state index in [0.717, 1.165) is 26.2 Å². The van der Waals surface area contributed by atoms with Crippen molar-refractivity contribution < 1.29 is 0 Å². The number of hydrogen-bond donors (Lipinski definition) is 1. The summed E-state index contributed by atoms with van der Waals surface area (Å²) in [4.78, 5) is 5.01. The largest absolute Gasteiger partial charge is 0.367 e. The fraction of sp³-hybridized carbons (Fsp3) is 0.435. The van der Waals surface area contributed by atoms with E-state index in [9.17, 15) is 0 Å². The lowest BCUT2D eigenvalue weighted by Crippen LogP contribution is -2.54. The Labute approximate surface area is 186 Å². The van der Waals surface area contributed by atoms with Gasteiger partial charge in [0, 0.05) is 62.6 Å². The summed E-state index contributed by atoms with van der Waals surface area (Å²) in [7, 11) is 0. The number of halogens is 1. The molecule has 2 aliphatic rings. The highest BCUT2D eigenvalue weighted by Gasteiger charge is 2.38. The third-order valence-electron chi connectivity index (χ3n) is 6.34. The van der Waals surface area contributed by atoms with Crippen LogP contribution in [0.15, 0.2) is 48.8 Å². The Morgan fingerprint density at radius 1 is 1.07 bits per heavy atom. The van der Waals surface area contributed by atoms with Crippen molar-refractivity contribution >= 4 is 33.8 Å². The minimum absolute atomic E-state index is 0.598. The molecule has 6 heteroatoms. The molecule has 2 saturated heterocycles. The van der Waals surface area contributed by atoms with Crippen LogP contribution in [0.3, 0.4) is 0 Å². The first kappa shape index (κ1) is 19.3. The number of nitrogens with one attached hydrogen (secondary N) is 1. The van der Waals surface area contributed by atoms with E-state index in [1.54, 1.807) is 0 Å². The molecule has 0 radical (unpaired) electrons. The van der Waals surface area contributed by atoms with Crippen molar-refractivity contribution in [1.29, 1.82) is 0 Å². The van der Waals surface area contributed by atoms with E-state index >= 15 is 0 Å². The second-order valence-corrected chi connectivity index (χ2v) is 9.68. The Balaban J connectivity index is 1.40. The molecule has 0 saturated carbocycles. The van der Waals surface area contributed by atoms with Gasteiger partial charge >= 0.3 is 0 Å². The molecule has 3 aromatic rings. The zero-order valence-electron chi connectivity index (χ0n) is 17.1. The summed E-state index contributed by atoms with van der Waals surface area (Å²) >= 11 is 2.60. The highest BCUT2D eigenvalue weighted by molar-refractivity contribution is 14.1. The standard InChI is InChI=1S/C23H28IN5/c1-16(2)28-15-20(23(28)24)18-5-3-17(4-6-18)19-13-22-21(7-8-26-29(22)14-19)27-11-9-25-10-12-27/h3-8,13-14,16,20,23,25H,9-12,15H2,1-2H3. The monoisotopic (exact) mass is 501 g/mol. The van der Waals surface area contributed by atoms with Crippen LogP contribution in [0.2, 0.25) is 0 Å². The van der Waals surface area contributed by atoms with Gasteiger partial charge in [0.25, 0.3) is 0 Å². The second kappa shape index (κ2) is 7.89. The maximum atomic E-state index is 4.55. The van der Waals surface area contributed by atoms with E-state index in [2.05, 4.69) is 99.2 Å². The Bertz CT molecular complexity index is 990. The molecule has 5 rings (SSSR count). The fourth-order valence-electron chi connectivity index (χ4n) is 4.52. The average molecular weight is 501 g/mol. The van der Waals surface area contributed by atoms with Crippen LogP contribution < -0.4 is 10.2 Å². The van der Waals surface area contributed by atoms with Gasteiger partial charge in [0.1, 0.15) is 0 Å². The van der Waals surface area contributed by atoms with Crippen LogP contribution >= 0.6 is 22.6 Å². The van der Waals surface area contributed by atoms with Crippen molar-refractivity contribution in [3.63, 3.8) is 0 Å². The summed E-state index contributed by atoms with van der Waals surface area (Å²) in [6.07, 6.45) is 4.07. The average Bonchev–Trinajstić information content (AvgIpc) is 3.18. The van der Waals surface area contributed by atoms with E-state index in [1.165, 1.54) is 34.4 Å². The summed E-state index contributed by atoms with van der Waals surface area (Å²) in [5.41, 5.74) is 6.41. The Morgan fingerprint density at radius 3 is 2.52 bits per heavy atom. The number of benzene rings is 1. The van der Waals surface area contributed by atoms with Gasteiger partial charge in [-0.25, -0.2) is 4.52 Å². The van der Waals surface area contributed by atoms with Gasteiger partial charge in [-0.3, -0.25) is 4.90 Å². The van der Waals surface area contributed by atoms with Gasteiger partial charge in [0.05, 0.1) is 15.3 Å². The van der Waals surface area contributed by atoms with Gasteiger partial charge in [0.15, 0.2) is 0 Å². The van der Waals surface area contributed by atoms with Gasteiger partial charge in [-0.1, -0.05) is 46.9 Å². The van der Waals surface area contributed by atoms with Crippen LogP contribution in [0, 0.1) is 0 Å². The summed E-state index contributed by atoms with van der Waals surface area (Å²) < 4.78 is 2.62. The Morgan fingerprint density at radius 2 is 1.83 bits per heavy atom. The van der Waals surface area contributed by atoms with Gasteiger partial charge in [-0.15, -0.1) is 0 Å². The molecular weight excluding hydrogens is 473 g/mol. The van der Waals surface area contributed by atoms with Crippen molar-refractivity contribution in [2.75, 3.05) is 37.6 Å². The lowest BCUT2D eigenvalue weighted by Gasteiger charge is -2.47. The van der Waals surface area contributed by atoms with Crippen LogP contribution in [0.5, 0.6) is 0 Å². The predicted molar refractivity (Wildman–Crippen MR) is 128 cm³/mol. The van der Waals surface area contributed by atoms with Crippen molar-refractivity contribution in [3.05, 3.63) is 54.4 Å². The first-order valence-electron chi connectivity index (χ1n) is 10.5. The summed E-state index contributed by atoms with van der Waals surface area (Å²) in [6, 6.07) is 14.2. The topological polar surface area (TPSA) is 35.8 Å². The lowest BCUT2D eigenvalue weighted by molar-refractivity contribution is 0.0962. The summed E-state index contributed by atoms with van der Waals surface area (Å²) in [5, 5.41) is 7.99. The van der Waals surface area contributed by atoms with Crippen LogP contribution in [0.4, 0.5) is 5.69 Å². The number of rotatable bonds is 4. The molecule has 2 unspecified atom stereocenters. The second-order valence-electron chi connectivity index (χ2n) is 8.40. The maximum Gasteiger partial charge on any atom is 0.0886 e. The van der Waals surface area contributed by atoms with Crippen LogP contribution in [-0.2, 0) is 0 Å². The van der Waals surface area contributed by atoms with Crippen molar-refractivity contribution in [1.82, 2.24) is 19.8 Å². The van der Waals surface area contributed by atoms with Crippen LogP contribution in [-0.4, -0.2) is 57.3 Å². The lowest BCUT2D eigenvalue weighted by atomic mass is 9.89. The first-order valence-corrected chi connectivity index (χ1v) is 11.8. The molecule has 2 atom stereocenters. The molecule has 5 nitrogen and oxygen atoms in total. The van der Waals surface area contributed by atoms with Crippen molar-refractivity contribution in [3.8, 4) is 11.1 Å². The number of nitrogens with zero attached hydrogens (tertiary/aromatic N) is 4. The molecule has 0 spiro atoms. The zero-order valence-corrected chi connectivity index (χ0v) is 19.2. The predicted octanol–water partition coefficient (Wildman–Crippen LogP) is 3.98. The van der Waals surface area contributed by atoms with E-state index < -0.39 is 0 Å². The minimum Gasteiger partial charge on any atom is -0.367 e. The molecule has 2 aromatic heterocycles. The number of alkyl halides is 1. The van der Waals surface area contributed by atoms with Crippen molar-refractivity contribution in [2.24, 2.45) is 0 Å².